The van der Waals surface area contributed by atoms with Gasteiger partial charge in [0.05, 0.1) is 5.70 Å². The SMILES string of the molecule is NC(=CC=Cc1ccccc1)C(=O)c1ccccc1. The summed E-state index contributed by atoms with van der Waals surface area (Å²) in [6.07, 6.45) is 5.32. The zero-order chi connectivity index (χ0) is 13.5. The molecule has 0 spiro atoms. The average Bonchev–Trinajstić information content (AvgIpc) is 2.48. The lowest BCUT2D eigenvalue weighted by Crippen LogP contribution is -2.10. The van der Waals surface area contributed by atoms with Crippen LogP contribution in [0.15, 0.2) is 78.5 Å². The Morgan fingerprint density at radius 3 is 2.11 bits per heavy atom. The largest absolute Gasteiger partial charge is 0.396 e. The Bertz CT molecular complexity index is 598. The van der Waals surface area contributed by atoms with Gasteiger partial charge in [-0.25, -0.2) is 0 Å². The topological polar surface area (TPSA) is 43.1 Å². The van der Waals surface area contributed by atoms with Crippen LogP contribution in [0.25, 0.3) is 6.08 Å². The molecule has 0 heterocycles. The van der Waals surface area contributed by atoms with Crippen LogP contribution in [0, 0.1) is 0 Å². The van der Waals surface area contributed by atoms with Gasteiger partial charge in [0.15, 0.2) is 0 Å². The number of carbonyl (C=O) groups excluding carboxylic acids is 1. The molecule has 0 aromatic heterocycles. The molecule has 2 rings (SSSR count). The molecular weight excluding hydrogens is 234 g/mol. The maximum Gasteiger partial charge on any atom is 0.208 e. The van der Waals surface area contributed by atoms with Gasteiger partial charge in [-0.05, 0) is 11.6 Å². The molecule has 0 saturated carbocycles. The van der Waals surface area contributed by atoms with Crippen molar-refractivity contribution >= 4 is 11.9 Å². The van der Waals surface area contributed by atoms with Crippen LogP contribution in [-0.2, 0) is 0 Å². The number of carbonyl (C=O) groups is 1. The highest BCUT2D eigenvalue weighted by Crippen LogP contribution is 2.06. The molecule has 0 radical (unpaired) electrons. The molecular formula is C17H15NO. The van der Waals surface area contributed by atoms with Crippen LogP contribution in [-0.4, -0.2) is 5.78 Å². The fourth-order valence-electron chi connectivity index (χ4n) is 1.66. The third-order valence-electron chi connectivity index (χ3n) is 2.66. The summed E-state index contributed by atoms with van der Waals surface area (Å²) in [5.41, 5.74) is 7.68. The Morgan fingerprint density at radius 1 is 0.895 bits per heavy atom. The number of benzene rings is 2. The average molecular weight is 249 g/mol. The van der Waals surface area contributed by atoms with Crippen molar-refractivity contribution < 1.29 is 4.79 Å². The summed E-state index contributed by atoms with van der Waals surface area (Å²) in [5, 5.41) is 0. The van der Waals surface area contributed by atoms with E-state index < -0.39 is 0 Å². The van der Waals surface area contributed by atoms with Gasteiger partial charge < -0.3 is 5.73 Å². The van der Waals surface area contributed by atoms with Crippen LogP contribution >= 0.6 is 0 Å². The molecule has 0 aliphatic rings. The standard InChI is InChI=1S/C17H15NO/c18-16(17(19)15-11-5-2-6-12-15)13-7-10-14-8-3-1-4-9-14/h1-13H,18H2. The molecule has 2 heteroatoms. The highest BCUT2D eigenvalue weighted by molar-refractivity contribution is 6.08. The van der Waals surface area contributed by atoms with Gasteiger partial charge in [-0.3, -0.25) is 4.79 Å². The second-order valence-electron chi connectivity index (χ2n) is 4.09. The molecule has 0 bridgehead atoms. The predicted molar refractivity (Wildman–Crippen MR) is 78.5 cm³/mol. The number of ketones is 1. The summed E-state index contributed by atoms with van der Waals surface area (Å²) in [5.74, 6) is -0.154. The molecule has 0 saturated heterocycles. The first-order valence-corrected chi connectivity index (χ1v) is 6.06. The van der Waals surface area contributed by atoms with Crippen molar-refractivity contribution in [2.45, 2.75) is 0 Å². The molecule has 0 amide bonds. The normalized spacial score (nSPS) is 11.7. The van der Waals surface area contributed by atoms with Gasteiger partial charge in [0.2, 0.25) is 5.78 Å². The van der Waals surface area contributed by atoms with Crippen molar-refractivity contribution in [2.24, 2.45) is 5.73 Å². The Balaban J connectivity index is 2.08. The summed E-state index contributed by atoms with van der Waals surface area (Å²) >= 11 is 0. The van der Waals surface area contributed by atoms with Gasteiger partial charge in [0.25, 0.3) is 0 Å². The van der Waals surface area contributed by atoms with Crippen LogP contribution in [0.1, 0.15) is 15.9 Å². The number of nitrogens with two attached hydrogens (primary N) is 1. The summed E-state index contributed by atoms with van der Waals surface area (Å²) < 4.78 is 0. The Morgan fingerprint density at radius 2 is 1.47 bits per heavy atom. The number of hydrogen-bond donors (Lipinski definition) is 1. The van der Waals surface area contributed by atoms with Crippen molar-refractivity contribution in [1.82, 2.24) is 0 Å². The summed E-state index contributed by atoms with van der Waals surface area (Å²) in [4.78, 5) is 12.0. The zero-order valence-corrected chi connectivity index (χ0v) is 10.5. The van der Waals surface area contributed by atoms with E-state index in [1.807, 2.05) is 54.6 Å². The molecule has 2 aromatic rings. The molecule has 0 aliphatic heterocycles. The highest BCUT2D eigenvalue weighted by atomic mass is 16.1. The number of hydrogen-bond acceptors (Lipinski definition) is 2. The Labute approximate surface area is 112 Å². The van der Waals surface area contributed by atoms with Crippen molar-refractivity contribution in [3.8, 4) is 0 Å². The van der Waals surface area contributed by atoms with Crippen LogP contribution in [0.4, 0.5) is 0 Å². The minimum Gasteiger partial charge on any atom is -0.396 e. The third kappa shape index (κ3) is 3.68. The predicted octanol–water partition coefficient (Wildman–Crippen LogP) is 3.43. The molecule has 2 N–H and O–H groups in total. The van der Waals surface area contributed by atoms with Crippen molar-refractivity contribution in [1.29, 1.82) is 0 Å². The van der Waals surface area contributed by atoms with Crippen molar-refractivity contribution in [3.63, 3.8) is 0 Å². The number of Topliss-reactive ketones (excluding diaryl/α,β-unsaturated/α-hetero) is 1. The Kier molecular flexibility index (Phi) is 4.29. The summed E-state index contributed by atoms with van der Waals surface area (Å²) in [7, 11) is 0. The molecule has 0 atom stereocenters. The van der Waals surface area contributed by atoms with Crippen LogP contribution in [0.3, 0.4) is 0 Å². The minimum atomic E-state index is -0.154. The molecule has 2 nitrogen and oxygen atoms in total. The van der Waals surface area contributed by atoms with Gasteiger partial charge in [0, 0.05) is 5.56 Å². The molecule has 19 heavy (non-hydrogen) atoms. The number of rotatable bonds is 4. The van der Waals surface area contributed by atoms with E-state index in [0.29, 0.717) is 5.56 Å². The van der Waals surface area contributed by atoms with Gasteiger partial charge in [-0.15, -0.1) is 0 Å². The van der Waals surface area contributed by atoms with E-state index in [4.69, 9.17) is 5.73 Å². The summed E-state index contributed by atoms with van der Waals surface area (Å²) in [6, 6.07) is 18.9. The first kappa shape index (κ1) is 12.8. The van der Waals surface area contributed by atoms with Gasteiger partial charge >= 0.3 is 0 Å². The fourth-order valence-corrected chi connectivity index (χ4v) is 1.66. The van der Waals surface area contributed by atoms with Crippen molar-refractivity contribution in [3.05, 3.63) is 89.6 Å². The van der Waals surface area contributed by atoms with Gasteiger partial charge in [-0.2, -0.15) is 0 Å². The van der Waals surface area contributed by atoms with Crippen LogP contribution in [0.5, 0.6) is 0 Å². The fraction of sp³-hybridized carbons (Fsp3) is 0. The lowest BCUT2D eigenvalue weighted by Gasteiger charge is -1.99. The van der Waals surface area contributed by atoms with Crippen molar-refractivity contribution in [2.75, 3.05) is 0 Å². The molecule has 2 aromatic carbocycles. The first-order valence-electron chi connectivity index (χ1n) is 6.06. The minimum absolute atomic E-state index is 0.154. The summed E-state index contributed by atoms with van der Waals surface area (Å²) in [6.45, 7) is 0. The zero-order valence-electron chi connectivity index (χ0n) is 10.5. The van der Waals surface area contributed by atoms with E-state index in [1.54, 1.807) is 24.3 Å². The molecule has 94 valence electrons. The van der Waals surface area contributed by atoms with E-state index in [1.165, 1.54) is 0 Å². The second kappa shape index (κ2) is 6.36. The van der Waals surface area contributed by atoms with E-state index in [0.717, 1.165) is 5.56 Å². The molecule has 0 aliphatic carbocycles. The van der Waals surface area contributed by atoms with Crippen LogP contribution in [0.2, 0.25) is 0 Å². The smallest absolute Gasteiger partial charge is 0.208 e. The highest BCUT2D eigenvalue weighted by Gasteiger charge is 2.06. The molecule has 0 fully saturated rings. The lowest BCUT2D eigenvalue weighted by atomic mass is 10.1. The first-order chi connectivity index (χ1) is 9.27. The molecule has 0 unspecified atom stereocenters. The maximum absolute atomic E-state index is 12.0. The Hall–Kier alpha value is -2.61. The lowest BCUT2D eigenvalue weighted by molar-refractivity contribution is 0.103. The maximum atomic E-state index is 12.0. The van der Waals surface area contributed by atoms with Gasteiger partial charge in [0.1, 0.15) is 0 Å². The quantitative estimate of drug-likeness (QED) is 0.512. The third-order valence-corrected chi connectivity index (χ3v) is 2.66. The van der Waals surface area contributed by atoms with E-state index in [9.17, 15) is 4.79 Å². The van der Waals surface area contributed by atoms with Crippen LogP contribution < -0.4 is 5.73 Å². The van der Waals surface area contributed by atoms with Gasteiger partial charge in [-0.1, -0.05) is 72.8 Å². The van der Waals surface area contributed by atoms with E-state index in [2.05, 4.69) is 0 Å². The monoisotopic (exact) mass is 249 g/mol. The second-order valence-corrected chi connectivity index (χ2v) is 4.09. The van der Waals surface area contributed by atoms with E-state index in [-0.39, 0.29) is 11.5 Å². The van der Waals surface area contributed by atoms with E-state index >= 15 is 0 Å². The number of allylic oxidation sites excluding steroid dienone is 3.